The molecule has 10 heteroatoms. The molecule has 0 radical (unpaired) electrons. The van der Waals surface area contributed by atoms with Gasteiger partial charge in [-0.05, 0) is 38.0 Å². The van der Waals surface area contributed by atoms with Crippen LogP contribution >= 0.6 is 11.3 Å². The monoisotopic (exact) mass is 424 g/mol. The van der Waals surface area contributed by atoms with Crippen molar-refractivity contribution in [1.82, 2.24) is 15.5 Å². The second-order valence-electron chi connectivity index (χ2n) is 7.10. The van der Waals surface area contributed by atoms with Gasteiger partial charge >= 0.3 is 0 Å². The Morgan fingerprint density at radius 1 is 1.21 bits per heavy atom. The van der Waals surface area contributed by atoms with E-state index in [4.69, 9.17) is 0 Å². The van der Waals surface area contributed by atoms with Crippen LogP contribution in [0.2, 0.25) is 0 Å². The molecule has 29 heavy (non-hydrogen) atoms. The minimum absolute atomic E-state index is 0.167. The fourth-order valence-electron chi connectivity index (χ4n) is 2.48. The van der Waals surface area contributed by atoms with Crippen LogP contribution in [-0.4, -0.2) is 34.3 Å². The normalized spacial score (nSPS) is 12.3. The maximum absolute atomic E-state index is 13.3. The maximum Gasteiger partial charge on any atom is 0.248 e. The van der Waals surface area contributed by atoms with Gasteiger partial charge in [0.2, 0.25) is 16.9 Å². The van der Waals surface area contributed by atoms with Gasteiger partial charge in [-0.3, -0.25) is 14.9 Å². The summed E-state index contributed by atoms with van der Waals surface area (Å²) in [7, 11) is 0. The van der Waals surface area contributed by atoms with Crippen molar-refractivity contribution in [2.45, 2.75) is 51.5 Å². The largest absolute Gasteiger partial charge is 0.344 e. The molecule has 1 aromatic heterocycles. The summed E-state index contributed by atoms with van der Waals surface area (Å²) < 4.78 is 26.5. The first-order chi connectivity index (χ1) is 13.6. The summed E-state index contributed by atoms with van der Waals surface area (Å²) in [6.07, 6.45) is 1.46. The SMILES string of the molecule is CCCC(NC(=O)Cc1cc(F)cc(F)c1)C(=O)Nc1nnc(C(C)(C)C=O)s1. The fraction of sp³-hybridized carbons (Fsp3) is 0.421. The molecule has 156 valence electrons. The topological polar surface area (TPSA) is 101 Å². The molecule has 2 N–H and O–H groups in total. The Balaban J connectivity index is 2.03. The fourth-order valence-corrected chi connectivity index (χ4v) is 3.29. The second kappa shape index (κ2) is 9.64. The summed E-state index contributed by atoms with van der Waals surface area (Å²) in [4.78, 5) is 35.9. The van der Waals surface area contributed by atoms with Gasteiger partial charge in [-0.2, -0.15) is 0 Å². The van der Waals surface area contributed by atoms with E-state index >= 15 is 0 Å². The molecule has 2 aromatic rings. The van der Waals surface area contributed by atoms with Gasteiger partial charge in [-0.15, -0.1) is 10.2 Å². The summed E-state index contributed by atoms with van der Waals surface area (Å²) in [6.45, 7) is 5.22. The van der Waals surface area contributed by atoms with E-state index in [1.807, 2.05) is 6.92 Å². The first-order valence-electron chi connectivity index (χ1n) is 9.00. The molecule has 0 aliphatic rings. The summed E-state index contributed by atoms with van der Waals surface area (Å²) in [6, 6.07) is 2.00. The van der Waals surface area contributed by atoms with Crippen LogP contribution in [0.1, 0.15) is 44.2 Å². The lowest BCUT2D eigenvalue weighted by molar-refractivity contribution is -0.126. The number of aromatic nitrogens is 2. The molecule has 0 spiro atoms. The minimum atomic E-state index is -0.850. The Morgan fingerprint density at radius 2 is 1.86 bits per heavy atom. The van der Waals surface area contributed by atoms with Crippen LogP contribution in [-0.2, 0) is 26.2 Å². The number of halogens is 2. The lowest BCUT2D eigenvalue weighted by atomic mass is 9.97. The molecule has 1 atom stereocenters. The van der Waals surface area contributed by atoms with Crippen molar-refractivity contribution < 1.29 is 23.2 Å². The van der Waals surface area contributed by atoms with E-state index in [9.17, 15) is 23.2 Å². The van der Waals surface area contributed by atoms with Crippen LogP contribution in [0.4, 0.5) is 13.9 Å². The van der Waals surface area contributed by atoms with Crippen LogP contribution in [0.25, 0.3) is 0 Å². The highest BCUT2D eigenvalue weighted by Crippen LogP contribution is 2.26. The van der Waals surface area contributed by atoms with E-state index < -0.39 is 34.9 Å². The molecule has 2 rings (SSSR count). The number of rotatable bonds is 9. The van der Waals surface area contributed by atoms with Crippen molar-refractivity contribution in [3.63, 3.8) is 0 Å². The van der Waals surface area contributed by atoms with Crippen LogP contribution in [0.5, 0.6) is 0 Å². The van der Waals surface area contributed by atoms with Crippen molar-refractivity contribution in [1.29, 1.82) is 0 Å². The Hall–Kier alpha value is -2.75. The van der Waals surface area contributed by atoms with Crippen molar-refractivity contribution in [2.24, 2.45) is 0 Å². The van der Waals surface area contributed by atoms with Crippen LogP contribution in [0.15, 0.2) is 18.2 Å². The van der Waals surface area contributed by atoms with Gasteiger partial charge in [0.05, 0.1) is 11.8 Å². The first kappa shape index (κ1) is 22.5. The number of nitrogens with one attached hydrogen (secondary N) is 2. The number of carbonyl (C=O) groups excluding carboxylic acids is 3. The Bertz CT molecular complexity index is 881. The molecule has 1 unspecified atom stereocenters. The Labute approximate surface area is 170 Å². The highest BCUT2D eigenvalue weighted by Gasteiger charge is 2.26. The molecule has 1 heterocycles. The number of aldehydes is 1. The quantitative estimate of drug-likeness (QED) is 0.603. The zero-order chi connectivity index (χ0) is 21.6. The average molecular weight is 424 g/mol. The third-order valence-electron chi connectivity index (χ3n) is 4.02. The van der Waals surface area contributed by atoms with E-state index in [1.165, 1.54) is 0 Å². The second-order valence-corrected chi connectivity index (χ2v) is 8.08. The molecule has 0 bridgehead atoms. The predicted molar refractivity (Wildman–Crippen MR) is 105 cm³/mol. The van der Waals surface area contributed by atoms with E-state index in [0.717, 1.165) is 35.8 Å². The molecule has 0 saturated carbocycles. The molecule has 0 aliphatic carbocycles. The summed E-state index contributed by atoms with van der Waals surface area (Å²) in [5.41, 5.74) is -0.654. The Kier molecular flexibility index (Phi) is 7.49. The average Bonchev–Trinajstić information content (AvgIpc) is 3.09. The van der Waals surface area contributed by atoms with Crippen molar-refractivity contribution in [3.8, 4) is 0 Å². The third-order valence-corrected chi connectivity index (χ3v) is 5.20. The molecule has 0 aliphatic heterocycles. The number of amides is 2. The maximum atomic E-state index is 13.3. The van der Waals surface area contributed by atoms with E-state index in [-0.39, 0.29) is 17.1 Å². The van der Waals surface area contributed by atoms with Gasteiger partial charge in [-0.1, -0.05) is 24.7 Å². The lowest BCUT2D eigenvalue weighted by Gasteiger charge is -2.17. The van der Waals surface area contributed by atoms with E-state index in [2.05, 4.69) is 20.8 Å². The highest BCUT2D eigenvalue weighted by molar-refractivity contribution is 7.15. The molecule has 7 nitrogen and oxygen atoms in total. The molecule has 2 amide bonds. The lowest BCUT2D eigenvalue weighted by Crippen LogP contribution is -2.44. The Morgan fingerprint density at radius 3 is 2.45 bits per heavy atom. The van der Waals surface area contributed by atoms with Crippen molar-refractivity contribution >= 4 is 34.6 Å². The number of benzene rings is 1. The van der Waals surface area contributed by atoms with Crippen molar-refractivity contribution in [3.05, 3.63) is 40.4 Å². The van der Waals surface area contributed by atoms with Gasteiger partial charge in [0.1, 0.15) is 29.0 Å². The predicted octanol–water partition coefficient (Wildman–Crippen LogP) is 2.76. The summed E-state index contributed by atoms with van der Waals surface area (Å²) >= 11 is 1.07. The number of hydrogen-bond acceptors (Lipinski definition) is 6. The zero-order valence-electron chi connectivity index (χ0n) is 16.3. The summed E-state index contributed by atoms with van der Waals surface area (Å²) in [5, 5.41) is 13.6. The number of carbonyl (C=O) groups is 3. The van der Waals surface area contributed by atoms with Crippen molar-refractivity contribution in [2.75, 3.05) is 5.32 Å². The van der Waals surface area contributed by atoms with Crippen LogP contribution in [0.3, 0.4) is 0 Å². The molecule has 0 saturated heterocycles. The van der Waals surface area contributed by atoms with Crippen LogP contribution in [0, 0.1) is 11.6 Å². The molecule has 1 aromatic carbocycles. The third kappa shape index (κ3) is 6.38. The minimum Gasteiger partial charge on any atom is -0.344 e. The van der Waals surface area contributed by atoms with Gasteiger partial charge in [-0.25, -0.2) is 8.78 Å². The number of hydrogen-bond donors (Lipinski definition) is 2. The van der Waals surface area contributed by atoms with E-state index in [0.29, 0.717) is 17.8 Å². The number of anilines is 1. The first-order valence-corrected chi connectivity index (χ1v) is 9.81. The summed E-state index contributed by atoms with van der Waals surface area (Å²) in [5.74, 6) is -2.58. The van der Waals surface area contributed by atoms with Gasteiger partial charge in [0, 0.05) is 6.07 Å². The van der Waals surface area contributed by atoms with Gasteiger partial charge in [0.15, 0.2) is 0 Å². The highest BCUT2D eigenvalue weighted by atomic mass is 32.1. The van der Waals surface area contributed by atoms with Gasteiger partial charge < -0.3 is 10.1 Å². The standard InChI is InChI=1S/C19H22F2N4O3S/c1-4-5-14(22-15(27)8-11-6-12(20)9-13(21)7-11)16(28)23-18-25-24-17(29-18)19(2,3)10-26/h6-7,9-10,14H,4-5,8H2,1-3H3,(H,22,27)(H,23,25,28). The molecular weight excluding hydrogens is 402 g/mol. The van der Waals surface area contributed by atoms with Crippen LogP contribution < -0.4 is 10.6 Å². The smallest absolute Gasteiger partial charge is 0.248 e. The van der Waals surface area contributed by atoms with E-state index in [1.54, 1.807) is 13.8 Å². The molecular formula is C19H22F2N4O3S. The molecule has 0 fully saturated rings. The number of nitrogens with zero attached hydrogens (tertiary/aromatic N) is 2. The van der Waals surface area contributed by atoms with Gasteiger partial charge in [0.25, 0.3) is 0 Å². The zero-order valence-corrected chi connectivity index (χ0v) is 17.1.